The maximum absolute atomic E-state index is 9.05. The molecule has 3 heteroatoms. The van der Waals surface area contributed by atoms with Crippen LogP contribution in [0.15, 0.2) is 6.07 Å². The molecule has 1 aliphatic carbocycles. The number of hydrogen-bond donors (Lipinski definition) is 1. The van der Waals surface area contributed by atoms with Gasteiger partial charge in [0.05, 0.1) is 0 Å². The summed E-state index contributed by atoms with van der Waals surface area (Å²) in [5.41, 5.74) is 3.20. The average molecular weight is 259 g/mol. The van der Waals surface area contributed by atoms with E-state index in [9.17, 15) is 0 Å². The molecule has 3 nitrogen and oxygen atoms in total. The van der Waals surface area contributed by atoms with E-state index in [0.717, 1.165) is 24.1 Å². The normalized spacial score (nSPS) is 27.2. The first kappa shape index (κ1) is 14.1. The van der Waals surface area contributed by atoms with Gasteiger partial charge in [-0.05, 0) is 49.7 Å². The molecule has 1 aromatic heterocycles. The maximum Gasteiger partial charge on any atom is 0.120 e. The van der Waals surface area contributed by atoms with Gasteiger partial charge in [0, 0.05) is 25.3 Å². The second-order valence-electron chi connectivity index (χ2n) is 6.31. The van der Waals surface area contributed by atoms with Gasteiger partial charge in [0.25, 0.3) is 0 Å². The Morgan fingerprint density at radius 3 is 2.47 bits per heavy atom. The summed E-state index contributed by atoms with van der Waals surface area (Å²) in [4.78, 5) is 0. The summed E-state index contributed by atoms with van der Waals surface area (Å²) in [6, 6.07) is 4.88. The van der Waals surface area contributed by atoms with Crippen LogP contribution in [0.25, 0.3) is 0 Å². The number of hydrogen-bond acceptors (Lipinski definition) is 2. The molecule has 104 valence electrons. The molecule has 1 aliphatic rings. The molecule has 2 atom stereocenters. The van der Waals surface area contributed by atoms with Crippen LogP contribution in [0.5, 0.6) is 0 Å². The third kappa shape index (κ3) is 3.19. The molecule has 1 N–H and O–H groups in total. The van der Waals surface area contributed by atoms with Gasteiger partial charge >= 0.3 is 0 Å². The van der Waals surface area contributed by atoms with Crippen LogP contribution in [-0.2, 0) is 13.6 Å². The van der Waals surface area contributed by atoms with Crippen molar-refractivity contribution in [3.05, 3.63) is 23.0 Å². The van der Waals surface area contributed by atoms with Crippen molar-refractivity contribution < 1.29 is 0 Å². The summed E-state index contributed by atoms with van der Waals surface area (Å²) in [7, 11) is 1.96. The fourth-order valence-electron chi connectivity index (χ4n) is 3.42. The summed E-state index contributed by atoms with van der Waals surface area (Å²) in [5.74, 6) is 1.65. The van der Waals surface area contributed by atoms with Crippen molar-refractivity contribution in [1.29, 1.82) is 5.26 Å². The summed E-state index contributed by atoms with van der Waals surface area (Å²) < 4.78 is 1.98. The van der Waals surface area contributed by atoms with E-state index < -0.39 is 0 Å². The van der Waals surface area contributed by atoms with E-state index in [1.807, 2.05) is 17.7 Å². The molecule has 0 radical (unpaired) electrons. The number of nitriles is 1. The molecule has 1 heterocycles. The van der Waals surface area contributed by atoms with Gasteiger partial charge in [0.15, 0.2) is 0 Å². The third-order valence-corrected chi connectivity index (χ3v) is 4.51. The predicted molar refractivity (Wildman–Crippen MR) is 77.7 cm³/mol. The van der Waals surface area contributed by atoms with Gasteiger partial charge in [-0.1, -0.05) is 13.8 Å². The van der Waals surface area contributed by atoms with E-state index in [2.05, 4.69) is 32.2 Å². The minimum absolute atomic E-state index is 0.629. The lowest BCUT2D eigenvalue weighted by atomic mass is 9.80. The number of rotatable bonds is 3. The van der Waals surface area contributed by atoms with Crippen LogP contribution in [-0.4, -0.2) is 10.6 Å². The molecule has 0 spiro atoms. The molecular weight excluding hydrogens is 234 g/mol. The van der Waals surface area contributed by atoms with Crippen LogP contribution >= 0.6 is 0 Å². The topological polar surface area (TPSA) is 40.8 Å². The fourth-order valence-corrected chi connectivity index (χ4v) is 3.42. The van der Waals surface area contributed by atoms with E-state index in [1.165, 1.54) is 30.5 Å². The molecule has 1 fully saturated rings. The Bertz CT molecular complexity index is 471. The fraction of sp³-hybridized carbons (Fsp3) is 0.688. The van der Waals surface area contributed by atoms with Crippen LogP contribution in [0.3, 0.4) is 0 Å². The summed E-state index contributed by atoms with van der Waals surface area (Å²) >= 11 is 0. The molecular formula is C16H25N3. The third-order valence-electron chi connectivity index (χ3n) is 4.51. The summed E-state index contributed by atoms with van der Waals surface area (Å²) in [6.45, 7) is 7.67. The van der Waals surface area contributed by atoms with E-state index in [4.69, 9.17) is 5.26 Å². The highest BCUT2D eigenvalue weighted by atomic mass is 15.0. The zero-order chi connectivity index (χ0) is 14.0. The Morgan fingerprint density at radius 2 is 1.95 bits per heavy atom. The number of nitrogens with one attached hydrogen (secondary N) is 1. The Morgan fingerprint density at radius 1 is 1.32 bits per heavy atom. The lowest BCUT2D eigenvalue weighted by Crippen LogP contribution is -2.35. The number of aromatic nitrogens is 1. The van der Waals surface area contributed by atoms with Gasteiger partial charge in [-0.3, -0.25) is 0 Å². The van der Waals surface area contributed by atoms with Crippen LogP contribution in [0.2, 0.25) is 0 Å². The molecule has 0 aromatic carbocycles. The first-order valence-electron chi connectivity index (χ1n) is 7.30. The van der Waals surface area contributed by atoms with E-state index >= 15 is 0 Å². The van der Waals surface area contributed by atoms with Crippen LogP contribution in [0.1, 0.15) is 50.1 Å². The molecule has 19 heavy (non-hydrogen) atoms. The summed E-state index contributed by atoms with van der Waals surface area (Å²) in [6.07, 6.45) is 3.92. The first-order chi connectivity index (χ1) is 9.01. The lowest BCUT2D eigenvalue weighted by Gasteiger charge is -2.32. The van der Waals surface area contributed by atoms with Crippen molar-refractivity contribution in [3.63, 3.8) is 0 Å². The first-order valence-corrected chi connectivity index (χ1v) is 7.30. The zero-order valence-corrected chi connectivity index (χ0v) is 12.5. The standard InChI is InChI=1S/C16H25N3/c1-11-5-12(2)7-15(6-11)18-10-14-8-16(9-17)19(4)13(14)3/h8,11-12,15,18H,5-7,10H2,1-4H3. The van der Waals surface area contributed by atoms with Crippen molar-refractivity contribution >= 4 is 0 Å². The Labute approximate surface area is 116 Å². The lowest BCUT2D eigenvalue weighted by molar-refractivity contribution is 0.238. The van der Waals surface area contributed by atoms with Gasteiger partial charge in [-0.2, -0.15) is 5.26 Å². The quantitative estimate of drug-likeness (QED) is 0.906. The highest BCUT2D eigenvalue weighted by Crippen LogP contribution is 2.28. The SMILES string of the molecule is Cc1c(CNC2CC(C)CC(C)C2)cc(C#N)n1C. The molecule has 2 rings (SSSR count). The highest BCUT2D eigenvalue weighted by Gasteiger charge is 2.23. The second-order valence-corrected chi connectivity index (χ2v) is 6.31. The Kier molecular flexibility index (Phi) is 4.31. The van der Waals surface area contributed by atoms with Gasteiger partial charge in [0.1, 0.15) is 11.8 Å². The van der Waals surface area contributed by atoms with Crippen LogP contribution in [0, 0.1) is 30.1 Å². The largest absolute Gasteiger partial charge is 0.340 e. The molecule has 0 bridgehead atoms. The van der Waals surface area contributed by atoms with E-state index in [1.54, 1.807) is 0 Å². The van der Waals surface area contributed by atoms with Crippen LogP contribution < -0.4 is 5.32 Å². The van der Waals surface area contributed by atoms with Crippen LogP contribution in [0.4, 0.5) is 0 Å². The van der Waals surface area contributed by atoms with E-state index in [0.29, 0.717) is 6.04 Å². The van der Waals surface area contributed by atoms with Crippen molar-refractivity contribution in [2.45, 2.75) is 52.6 Å². The van der Waals surface area contributed by atoms with Crippen molar-refractivity contribution in [3.8, 4) is 6.07 Å². The Hall–Kier alpha value is -1.27. The smallest absolute Gasteiger partial charge is 0.120 e. The molecule has 0 saturated heterocycles. The molecule has 1 saturated carbocycles. The van der Waals surface area contributed by atoms with Gasteiger partial charge < -0.3 is 9.88 Å². The molecule has 1 aromatic rings. The second kappa shape index (κ2) is 5.79. The molecule has 2 unspecified atom stereocenters. The predicted octanol–water partition coefficient (Wildman–Crippen LogP) is 3.12. The van der Waals surface area contributed by atoms with Crippen molar-refractivity contribution in [2.24, 2.45) is 18.9 Å². The van der Waals surface area contributed by atoms with Crippen molar-refractivity contribution in [1.82, 2.24) is 9.88 Å². The average Bonchev–Trinajstić information content (AvgIpc) is 2.62. The minimum Gasteiger partial charge on any atom is -0.340 e. The Balaban J connectivity index is 1.97. The maximum atomic E-state index is 9.05. The minimum atomic E-state index is 0.629. The van der Waals surface area contributed by atoms with Crippen molar-refractivity contribution in [2.75, 3.05) is 0 Å². The number of nitrogens with zero attached hydrogens (tertiary/aromatic N) is 2. The zero-order valence-electron chi connectivity index (χ0n) is 12.5. The molecule has 0 amide bonds. The molecule has 0 aliphatic heterocycles. The highest BCUT2D eigenvalue weighted by molar-refractivity contribution is 5.34. The van der Waals surface area contributed by atoms with Gasteiger partial charge in [-0.15, -0.1) is 0 Å². The van der Waals surface area contributed by atoms with E-state index in [-0.39, 0.29) is 0 Å². The summed E-state index contributed by atoms with van der Waals surface area (Å²) in [5, 5.41) is 12.7. The van der Waals surface area contributed by atoms with Gasteiger partial charge in [-0.25, -0.2) is 0 Å². The van der Waals surface area contributed by atoms with Gasteiger partial charge in [0.2, 0.25) is 0 Å². The monoisotopic (exact) mass is 259 g/mol.